The van der Waals surface area contributed by atoms with Gasteiger partial charge in [-0.3, -0.25) is 9.69 Å². The molecule has 0 aromatic heterocycles. The third-order valence-corrected chi connectivity index (χ3v) is 1.60. The Kier molecular flexibility index (Phi) is 1.67. The van der Waals surface area contributed by atoms with Crippen molar-refractivity contribution in [1.29, 1.82) is 0 Å². The predicted molar refractivity (Wildman–Crippen MR) is 41.6 cm³/mol. The average Bonchev–Trinajstić information content (AvgIpc) is 1.82. The van der Waals surface area contributed by atoms with Gasteiger partial charge in [-0.2, -0.15) is 0 Å². The summed E-state index contributed by atoms with van der Waals surface area (Å²) in [7, 11) is 1.58. The minimum absolute atomic E-state index is 0.0995. The number of hydrogen-bond acceptors (Lipinski definition) is 3. The predicted octanol–water partition coefficient (Wildman–Crippen LogP) is -0.509. The number of carbonyl (C=O) groups excluding carboxylic acids is 1. The zero-order chi connectivity index (χ0) is 7.72. The Hall–Kier alpha value is -0.970. The first kappa shape index (κ1) is 7.14. The van der Waals surface area contributed by atoms with Crippen molar-refractivity contribution in [3.8, 4) is 0 Å². The first-order chi connectivity index (χ1) is 4.61. The largest absolute Gasteiger partial charge is 0.387 e. The Morgan fingerprint density at radius 1 is 1.80 bits per heavy atom. The quantitative estimate of drug-likeness (QED) is 0.482. The summed E-state index contributed by atoms with van der Waals surface area (Å²) in [6.07, 6.45) is 0.177. The minimum Gasteiger partial charge on any atom is -0.387 e. The van der Waals surface area contributed by atoms with Crippen molar-refractivity contribution in [3.63, 3.8) is 0 Å². The monoisotopic (exact) mass is 157 g/mol. The van der Waals surface area contributed by atoms with Gasteiger partial charge in [0, 0.05) is 7.05 Å². The molecule has 0 fully saturated rings. The van der Waals surface area contributed by atoms with Crippen LogP contribution < -0.4 is 5.73 Å². The summed E-state index contributed by atoms with van der Waals surface area (Å²) in [5, 5.41) is 0.244. The molecule has 0 bridgehead atoms. The third kappa shape index (κ3) is 1.13. The molecule has 1 aliphatic heterocycles. The van der Waals surface area contributed by atoms with Crippen LogP contribution in [0.3, 0.4) is 0 Å². The van der Waals surface area contributed by atoms with Crippen LogP contribution in [0.4, 0.5) is 0 Å². The van der Waals surface area contributed by atoms with Gasteiger partial charge in [0.1, 0.15) is 5.84 Å². The molecule has 0 unspecified atom stereocenters. The fraction of sp³-hybridized carbons (Fsp3) is 0.400. The van der Waals surface area contributed by atoms with E-state index in [1.165, 1.54) is 4.90 Å². The van der Waals surface area contributed by atoms with E-state index in [2.05, 4.69) is 4.99 Å². The smallest absolute Gasteiger partial charge is 0.236 e. The van der Waals surface area contributed by atoms with Crippen molar-refractivity contribution in [2.45, 2.75) is 6.42 Å². The summed E-state index contributed by atoms with van der Waals surface area (Å²) in [5.41, 5.74) is 5.29. The van der Waals surface area contributed by atoms with Crippen molar-refractivity contribution >= 4 is 29.1 Å². The lowest BCUT2D eigenvalue weighted by Crippen LogP contribution is -2.39. The van der Waals surface area contributed by atoms with E-state index in [1.54, 1.807) is 7.05 Å². The Morgan fingerprint density at radius 2 is 2.40 bits per heavy atom. The topological polar surface area (TPSA) is 58.7 Å². The maximum atomic E-state index is 10.9. The van der Waals surface area contributed by atoms with Gasteiger partial charge in [0.05, 0.1) is 6.42 Å². The lowest BCUT2D eigenvalue weighted by Gasteiger charge is -2.19. The number of nitrogens with two attached hydrogens (primary N) is 1. The zero-order valence-corrected chi connectivity index (χ0v) is 6.31. The lowest BCUT2D eigenvalue weighted by molar-refractivity contribution is -0.125. The lowest BCUT2D eigenvalue weighted by atomic mass is 10.3. The Bertz CT molecular complexity index is 223. The van der Waals surface area contributed by atoms with E-state index >= 15 is 0 Å². The molecule has 2 N–H and O–H groups in total. The highest BCUT2D eigenvalue weighted by Gasteiger charge is 2.19. The first-order valence-electron chi connectivity index (χ1n) is 2.75. The molecule has 5 heteroatoms. The van der Waals surface area contributed by atoms with Crippen LogP contribution in [0, 0.1) is 0 Å². The molecule has 0 radical (unpaired) electrons. The number of amidine groups is 1. The van der Waals surface area contributed by atoms with Crippen LogP contribution in [0.15, 0.2) is 4.99 Å². The van der Waals surface area contributed by atoms with Crippen LogP contribution >= 0.6 is 12.2 Å². The van der Waals surface area contributed by atoms with Crippen molar-refractivity contribution < 1.29 is 4.79 Å². The van der Waals surface area contributed by atoms with Gasteiger partial charge in [0.15, 0.2) is 0 Å². The molecule has 0 aliphatic carbocycles. The molecule has 0 saturated carbocycles. The van der Waals surface area contributed by atoms with Gasteiger partial charge in [-0.1, -0.05) is 0 Å². The SMILES string of the molecule is CN1C(=O)CC(N)=NC1=S. The second kappa shape index (κ2) is 2.34. The Balaban J connectivity index is 2.89. The van der Waals surface area contributed by atoms with Gasteiger partial charge in [-0.05, 0) is 12.2 Å². The van der Waals surface area contributed by atoms with Gasteiger partial charge < -0.3 is 5.73 Å². The van der Waals surface area contributed by atoms with Crippen molar-refractivity contribution in [1.82, 2.24) is 4.90 Å². The average molecular weight is 157 g/mol. The van der Waals surface area contributed by atoms with Crippen molar-refractivity contribution in [3.05, 3.63) is 0 Å². The summed E-state index contributed by atoms with van der Waals surface area (Å²) in [4.78, 5) is 15.9. The van der Waals surface area contributed by atoms with Crippen LogP contribution in [0.1, 0.15) is 6.42 Å². The summed E-state index contributed by atoms with van der Waals surface area (Å²) < 4.78 is 0. The number of thiocarbonyl (C=S) groups is 1. The fourth-order valence-electron chi connectivity index (χ4n) is 0.618. The van der Waals surface area contributed by atoms with Crippen molar-refractivity contribution in [2.24, 2.45) is 10.7 Å². The van der Waals surface area contributed by atoms with Crippen LogP contribution in [-0.2, 0) is 4.79 Å². The molecule has 1 aliphatic rings. The van der Waals surface area contributed by atoms with E-state index in [9.17, 15) is 4.79 Å². The molecule has 0 spiro atoms. The number of rotatable bonds is 0. The summed E-state index contributed by atoms with van der Waals surface area (Å²) >= 11 is 4.72. The molecular formula is C5H7N3OS. The van der Waals surface area contributed by atoms with E-state index < -0.39 is 0 Å². The molecule has 0 saturated heterocycles. The van der Waals surface area contributed by atoms with Gasteiger partial charge >= 0.3 is 0 Å². The highest BCUT2D eigenvalue weighted by atomic mass is 32.1. The zero-order valence-electron chi connectivity index (χ0n) is 5.50. The van der Waals surface area contributed by atoms with E-state index in [1.807, 2.05) is 0 Å². The molecule has 1 heterocycles. The fourth-order valence-corrected chi connectivity index (χ4v) is 0.837. The van der Waals surface area contributed by atoms with Crippen molar-refractivity contribution in [2.75, 3.05) is 7.05 Å². The molecule has 4 nitrogen and oxygen atoms in total. The van der Waals surface area contributed by atoms with Gasteiger partial charge in [0.2, 0.25) is 11.0 Å². The van der Waals surface area contributed by atoms with Gasteiger partial charge in [0.25, 0.3) is 0 Å². The number of amides is 1. The molecule has 1 amide bonds. The Labute approximate surface area is 63.7 Å². The van der Waals surface area contributed by atoms with Crippen LogP contribution in [0.25, 0.3) is 0 Å². The van der Waals surface area contributed by atoms with Crippen LogP contribution in [-0.4, -0.2) is 28.8 Å². The number of hydrogen-bond donors (Lipinski definition) is 1. The number of aliphatic imine (C=N–C) groups is 1. The molecule has 54 valence electrons. The maximum Gasteiger partial charge on any atom is 0.236 e. The minimum atomic E-state index is -0.0995. The molecule has 0 atom stereocenters. The highest BCUT2D eigenvalue weighted by Crippen LogP contribution is 2.01. The normalized spacial score (nSPS) is 19.3. The number of carbonyl (C=O) groups is 1. The summed E-state index contributed by atoms with van der Waals surface area (Å²) in [6.45, 7) is 0. The molecule has 0 aromatic rings. The second-order valence-electron chi connectivity index (χ2n) is 2.02. The van der Waals surface area contributed by atoms with Gasteiger partial charge in [-0.15, -0.1) is 0 Å². The number of nitrogens with zero attached hydrogens (tertiary/aromatic N) is 2. The van der Waals surface area contributed by atoms with E-state index in [-0.39, 0.29) is 17.4 Å². The van der Waals surface area contributed by atoms with E-state index in [0.717, 1.165) is 0 Å². The summed E-state index contributed by atoms with van der Waals surface area (Å²) in [6, 6.07) is 0. The van der Waals surface area contributed by atoms with Crippen LogP contribution in [0.5, 0.6) is 0 Å². The second-order valence-corrected chi connectivity index (χ2v) is 2.38. The Morgan fingerprint density at radius 3 is 2.90 bits per heavy atom. The summed E-state index contributed by atoms with van der Waals surface area (Å²) in [5.74, 6) is 0.200. The highest BCUT2D eigenvalue weighted by molar-refractivity contribution is 7.80. The molecular weight excluding hydrogens is 150 g/mol. The van der Waals surface area contributed by atoms with Gasteiger partial charge in [-0.25, -0.2) is 4.99 Å². The first-order valence-corrected chi connectivity index (χ1v) is 3.15. The van der Waals surface area contributed by atoms with Crippen LogP contribution in [0.2, 0.25) is 0 Å². The van der Waals surface area contributed by atoms with E-state index in [4.69, 9.17) is 18.0 Å². The van der Waals surface area contributed by atoms with E-state index in [0.29, 0.717) is 5.84 Å². The molecule has 0 aromatic carbocycles. The maximum absolute atomic E-state index is 10.9. The molecule has 10 heavy (non-hydrogen) atoms. The third-order valence-electron chi connectivity index (χ3n) is 1.23. The standard InChI is InChI=1S/C5H7N3OS/c1-8-4(9)2-3(6)7-5(8)10/h2H2,1H3,(H2,6,7,10). The molecule has 1 rings (SSSR count).